The number of hydrogen-bond acceptors (Lipinski definition) is 7. The van der Waals surface area contributed by atoms with Crippen molar-refractivity contribution >= 4 is 29.1 Å². The Bertz CT molecular complexity index is 1500. The van der Waals surface area contributed by atoms with Gasteiger partial charge in [0.15, 0.2) is 11.5 Å². The second-order valence-electron chi connectivity index (χ2n) is 8.89. The second kappa shape index (κ2) is 10.9. The summed E-state index contributed by atoms with van der Waals surface area (Å²) in [5.74, 6) is 1.33. The summed E-state index contributed by atoms with van der Waals surface area (Å²) < 4.78 is 13.6. The minimum Gasteiger partial charge on any atom is -0.490 e. The van der Waals surface area contributed by atoms with E-state index in [1.165, 1.54) is 0 Å². The normalized spacial score (nSPS) is 14.5. The molecule has 9 nitrogen and oxygen atoms in total. The molecule has 4 aromatic rings. The molecule has 1 aliphatic rings. The summed E-state index contributed by atoms with van der Waals surface area (Å²) in [6.07, 6.45) is 0. The molecular weight excluding hydrogens is 504 g/mol. The SMILES string of the molecule is CCOc1cc(C2C(C(=O)Nc3cccc(C)c3)=C(C)Nc3nnnn32)ccc1OCc1ccc(Cl)cc1. The lowest BCUT2D eigenvalue weighted by molar-refractivity contribution is -0.113. The van der Waals surface area contributed by atoms with E-state index in [9.17, 15) is 4.79 Å². The molecule has 1 atom stereocenters. The van der Waals surface area contributed by atoms with Crippen LogP contribution >= 0.6 is 11.6 Å². The van der Waals surface area contributed by atoms with Gasteiger partial charge in [-0.05, 0) is 84.3 Å². The standard InChI is InChI=1S/C28H27ClN6O3/c1-4-37-24-15-20(10-13-23(24)38-16-19-8-11-21(29)12-9-19)26-25(18(3)30-28-32-33-34-35(26)28)27(36)31-22-7-5-6-17(2)14-22/h5-15,26H,4,16H2,1-3H3,(H,31,36)(H,30,32,34). The van der Waals surface area contributed by atoms with Crippen molar-refractivity contribution in [2.75, 3.05) is 17.2 Å². The van der Waals surface area contributed by atoms with Crippen LogP contribution in [-0.2, 0) is 11.4 Å². The second-order valence-corrected chi connectivity index (χ2v) is 9.33. The van der Waals surface area contributed by atoms with E-state index in [2.05, 4.69) is 26.2 Å². The lowest BCUT2D eigenvalue weighted by atomic mass is 9.94. The number of nitrogens with zero attached hydrogens (tertiary/aromatic N) is 4. The van der Waals surface area contributed by atoms with E-state index >= 15 is 0 Å². The third kappa shape index (κ3) is 5.33. The Hall–Kier alpha value is -4.37. The molecule has 3 aromatic carbocycles. The number of rotatable bonds is 8. The van der Waals surface area contributed by atoms with E-state index in [1.807, 2.05) is 87.5 Å². The zero-order valence-electron chi connectivity index (χ0n) is 21.2. The van der Waals surface area contributed by atoms with Gasteiger partial charge < -0.3 is 20.1 Å². The Labute approximate surface area is 225 Å². The number of halogens is 1. The molecule has 0 aliphatic carbocycles. The molecule has 1 unspecified atom stereocenters. The molecule has 0 bridgehead atoms. The lowest BCUT2D eigenvalue weighted by Gasteiger charge is -2.28. The fourth-order valence-corrected chi connectivity index (χ4v) is 4.49. The molecule has 1 amide bonds. The number of allylic oxidation sites excluding steroid dienone is 1. The molecule has 10 heteroatoms. The van der Waals surface area contributed by atoms with Gasteiger partial charge in [0, 0.05) is 16.4 Å². The van der Waals surface area contributed by atoms with E-state index in [0.29, 0.717) is 52.6 Å². The summed E-state index contributed by atoms with van der Waals surface area (Å²) in [6.45, 7) is 6.51. The predicted octanol–water partition coefficient (Wildman–Crippen LogP) is 5.54. The van der Waals surface area contributed by atoms with Crippen molar-refractivity contribution in [1.29, 1.82) is 0 Å². The van der Waals surface area contributed by atoms with Crippen LogP contribution in [0.5, 0.6) is 11.5 Å². The first-order valence-corrected chi connectivity index (χ1v) is 12.6. The number of fused-ring (bicyclic) bond motifs is 1. The van der Waals surface area contributed by atoms with Crippen molar-refractivity contribution in [2.45, 2.75) is 33.4 Å². The van der Waals surface area contributed by atoms with Crippen LogP contribution < -0.4 is 20.1 Å². The maximum absolute atomic E-state index is 13.6. The molecule has 2 N–H and O–H groups in total. The molecule has 0 radical (unpaired) electrons. The first kappa shape index (κ1) is 25.3. The summed E-state index contributed by atoms with van der Waals surface area (Å²) in [4.78, 5) is 13.6. The molecule has 1 aromatic heterocycles. The van der Waals surface area contributed by atoms with Gasteiger partial charge >= 0.3 is 0 Å². The van der Waals surface area contributed by atoms with Crippen LogP contribution in [0.15, 0.2) is 78.0 Å². The van der Waals surface area contributed by atoms with E-state index < -0.39 is 6.04 Å². The third-order valence-electron chi connectivity index (χ3n) is 6.13. The van der Waals surface area contributed by atoms with Gasteiger partial charge in [0.1, 0.15) is 12.6 Å². The predicted molar refractivity (Wildman–Crippen MR) is 145 cm³/mol. The van der Waals surface area contributed by atoms with Crippen molar-refractivity contribution in [3.8, 4) is 11.5 Å². The van der Waals surface area contributed by atoms with Crippen LogP contribution in [0.1, 0.15) is 36.6 Å². The Morgan fingerprint density at radius 1 is 1.05 bits per heavy atom. The quantitative estimate of drug-likeness (QED) is 0.308. The number of nitrogens with one attached hydrogen (secondary N) is 2. The summed E-state index contributed by atoms with van der Waals surface area (Å²) in [6, 6.07) is 20.2. The number of benzene rings is 3. The van der Waals surface area contributed by atoms with Crippen LogP contribution in [0.25, 0.3) is 0 Å². The fourth-order valence-electron chi connectivity index (χ4n) is 4.36. The van der Waals surface area contributed by atoms with Crippen molar-refractivity contribution < 1.29 is 14.3 Å². The average molecular weight is 531 g/mol. The number of amides is 1. The van der Waals surface area contributed by atoms with Gasteiger partial charge in [0.05, 0.1) is 12.2 Å². The highest BCUT2D eigenvalue weighted by Gasteiger charge is 2.34. The summed E-state index contributed by atoms with van der Waals surface area (Å²) >= 11 is 6.00. The van der Waals surface area contributed by atoms with E-state index in [-0.39, 0.29) is 5.91 Å². The molecular formula is C28H27ClN6O3. The van der Waals surface area contributed by atoms with E-state index in [4.69, 9.17) is 21.1 Å². The molecule has 194 valence electrons. The minimum absolute atomic E-state index is 0.257. The van der Waals surface area contributed by atoms with Gasteiger partial charge in [-0.1, -0.05) is 47.0 Å². The monoisotopic (exact) mass is 530 g/mol. The topological polar surface area (TPSA) is 103 Å². The van der Waals surface area contributed by atoms with Gasteiger partial charge in [-0.25, -0.2) is 0 Å². The van der Waals surface area contributed by atoms with Gasteiger partial charge in [-0.15, -0.1) is 0 Å². The fraction of sp³-hybridized carbons (Fsp3) is 0.214. The van der Waals surface area contributed by atoms with Crippen LogP contribution in [0.2, 0.25) is 5.02 Å². The minimum atomic E-state index is -0.587. The van der Waals surface area contributed by atoms with Crippen LogP contribution in [0.4, 0.5) is 11.6 Å². The number of aryl methyl sites for hydroxylation is 1. The highest BCUT2D eigenvalue weighted by molar-refractivity contribution is 6.30. The maximum Gasteiger partial charge on any atom is 0.255 e. The largest absolute Gasteiger partial charge is 0.490 e. The molecule has 2 heterocycles. The number of hydrogen-bond donors (Lipinski definition) is 2. The van der Waals surface area contributed by atoms with Gasteiger partial charge in [0.2, 0.25) is 5.95 Å². The summed E-state index contributed by atoms with van der Waals surface area (Å²) in [5, 5.41) is 18.9. The Kier molecular flexibility index (Phi) is 7.28. The lowest BCUT2D eigenvalue weighted by Crippen LogP contribution is -2.31. The van der Waals surface area contributed by atoms with Crippen molar-refractivity contribution in [1.82, 2.24) is 20.2 Å². The zero-order valence-corrected chi connectivity index (χ0v) is 22.0. The maximum atomic E-state index is 13.6. The number of carbonyl (C=O) groups excluding carboxylic acids is 1. The molecule has 0 spiro atoms. The van der Waals surface area contributed by atoms with Gasteiger partial charge in [0.25, 0.3) is 5.91 Å². The van der Waals surface area contributed by atoms with Crippen molar-refractivity contribution in [3.63, 3.8) is 0 Å². The van der Waals surface area contributed by atoms with Crippen LogP contribution in [0.3, 0.4) is 0 Å². The molecule has 0 saturated heterocycles. The summed E-state index contributed by atoms with van der Waals surface area (Å²) in [7, 11) is 0. The number of anilines is 2. The Morgan fingerprint density at radius 3 is 2.63 bits per heavy atom. The highest BCUT2D eigenvalue weighted by atomic mass is 35.5. The van der Waals surface area contributed by atoms with Gasteiger partial charge in [-0.3, -0.25) is 4.79 Å². The average Bonchev–Trinajstić information content (AvgIpc) is 3.36. The smallest absolute Gasteiger partial charge is 0.255 e. The number of aromatic nitrogens is 4. The molecule has 1 aliphatic heterocycles. The Morgan fingerprint density at radius 2 is 1.87 bits per heavy atom. The highest BCUT2D eigenvalue weighted by Crippen LogP contribution is 2.39. The Balaban J connectivity index is 1.48. The molecule has 38 heavy (non-hydrogen) atoms. The van der Waals surface area contributed by atoms with Crippen molar-refractivity contribution in [3.05, 3.63) is 99.7 Å². The van der Waals surface area contributed by atoms with Crippen LogP contribution in [0, 0.1) is 6.92 Å². The van der Waals surface area contributed by atoms with E-state index in [0.717, 1.165) is 16.7 Å². The van der Waals surface area contributed by atoms with Gasteiger partial charge in [-0.2, -0.15) is 4.68 Å². The van der Waals surface area contributed by atoms with Crippen molar-refractivity contribution in [2.24, 2.45) is 0 Å². The number of ether oxygens (including phenoxy) is 2. The van der Waals surface area contributed by atoms with Crippen LogP contribution in [-0.4, -0.2) is 32.7 Å². The first-order chi connectivity index (χ1) is 18.4. The first-order valence-electron chi connectivity index (χ1n) is 12.2. The number of carbonyl (C=O) groups is 1. The third-order valence-corrected chi connectivity index (χ3v) is 6.38. The molecule has 0 fully saturated rings. The summed E-state index contributed by atoms with van der Waals surface area (Å²) in [5.41, 5.74) is 4.65. The molecule has 5 rings (SSSR count). The molecule has 0 saturated carbocycles. The zero-order chi connectivity index (χ0) is 26.6. The number of tetrazole rings is 1. The van der Waals surface area contributed by atoms with E-state index in [1.54, 1.807) is 4.68 Å².